The summed E-state index contributed by atoms with van der Waals surface area (Å²) >= 11 is 3.48. The molecular formula is C18H16BrN. The fraction of sp³-hybridized carbons (Fsp3) is 0.222. The number of rotatable bonds is 3. The maximum Gasteiger partial charge on any atom is 0.0354 e. The van der Waals surface area contributed by atoms with E-state index in [2.05, 4.69) is 57.5 Å². The Morgan fingerprint density at radius 3 is 2.55 bits per heavy atom. The van der Waals surface area contributed by atoms with Crippen LogP contribution in [0.25, 0.3) is 0 Å². The highest BCUT2D eigenvalue weighted by atomic mass is 79.9. The Hall–Kier alpha value is -1.72. The summed E-state index contributed by atoms with van der Waals surface area (Å²) in [6, 6.07) is 17.3. The second kappa shape index (κ2) is 5.73. The number of hydrogen-bond donors (Lipinski definition) is 1. The van der Waals surface area contributed by atoms with Gasteiger partial charge in [-0.2, -0.15) is 0 Å². The van der Waals surface area contributed by atoms with Crippen LogP contribution < -0.4 is 5.32 Å². The van der Waals surface area contributed by atoms with E-state index in [0.717, 1.165) is 15.7 Å². The number of nitrogens with one attached hydrogen (secondary N) is 1. The fourth-order valence-corrected chi connectivity index (χ4v) is 2.94. The maximum atomic E-state index is 5.42. The van der Waals surface area contributed by atoms with E-state index in [1.807, 2.05) is 18.2 Å². The number of anilines is 1. The Bertz CT molecular complexity index is 633. The van der Waals surface area contributed by atoms with Crippen molar-refractivity contribution in [2.75, 3.05) is 5.32 Å². The molecule has 1 saturated carbocycles. The van der Waals surface area contributed by atoms with Gasteiger partial charge in [0.2, 0.25) is 0 Å². The predicted octanol–water partition coefficient (Wildman–Crippen LogP) is 4.79. The van der Waals surface area contributed by atoms with Gasteiger partial charge in [0.1, 0.15) is 0 Å². The van der Waals surface area contributed by atoms with Crippen molar-refractivity contribution in [2.24, 2.45) is 0 Å². The molecule has 0 aromatic heterocycles. The Balaban J connectivity index is 1.58. The third kappa shape index (κ3) is 2.89. The standard InChI is InChI=1S/C18H16BrN/c1-2-13-4-3-5-17(10-13)20-18-11-15(12-18)14-6-8-16(19)9-7-14/h1,3-10,15,18,20H,11-12H2. The van der Waals surface area contributed by atoms with Crippen LogP contribution in [-0.4, -0.2) is 6.04 Å². The molecule has 0 heterocycles. The van der Waals surface area contributed by atoms with Crippen LogP contribution in [0.2, 0.25) is 0 Å². The average Bonchev–Trinajstić information content (AvgIpc) is 2.44. The summed E-state index contributed by atoms with van der Waals surface area (Å²) < 4.78 is 1.14. The van der Waals surface area contributed by atoms with Crippen LogP contribution in [0.4, 0.5) is 5.69 Å². The summed E-state index contributed by atoms with van der Waals surface area (Å²) in [5.74, 6) is 3.35. The summed E-state index contributed by atoms with van der Waals surface area (Å²) in [6.45, 7) is 0. The summed E-state index contributed by atoms with van der Waals surface area (Å²) in [5.41, 5.74) is 3.49. The second-order valence-electron chi connectivity index (χ2n) is 5.29. The van der Waals surface area contributed by atoms with Gasteiger partial charge in [0.15, 0.2) is 0 Å². The highest BCUT2D eigenvalue weighted by molar-refractivity contribution is 9.10. The van der Waals surface area contributed by atoms with Gasteiger partial charge in [0.25, 0.3) is 0 Å². The third-order valence-electron chi connectivity index (χ3n) is 3.88. The molecule has 20 heavy (non-hydrogen) atoms. The van der Waals surface area contributed by atoms with Crippen LogP contribution in [0.3, 0.4) is 0 Å². The lowest BCUT2D eigenvalue weighted by molar-refractivity contribution is 0.374. The molecule has 0 spiro atoms. The minimum absolute atomic E-state index is 0.552. The van der Waals surface area contributed by atoms with Gasteiger partial charge in [0, 0.05) is 21.8 Å². The highest BCUT2D eigenvalue weighted by Crippen LogP contribution is 2.38. The van der Waals surface area contributed by atoms with Gasteiger partial charge < -0.3 is 5.32 Å². The minimum atomic E-state index is 0.552. The Labute approximate surface area is 128 Å². The zero-order valence-corrected chi connectivity index (χ0v) is 12.7. The number of halogens is 1. The second-order valence-corrected chi connectivity index (χ2v) is 6.20. The molecule has 0 atom stereocenters. The summed E-state index contributed by atoms with van der Waals surface area (Å²) in [5, 5.41) is 3.56. The lowest BCUT2D eigenvalue weighted by atomic mass is 9.76. The lowest BCUT2D eigenvalue weighted by Gasteiger charge is -2.37. The van der Waals surface area contributed by atoms with Gasteiger partial charge in [-0.3, -0.25) is 0 Å². The highest BCUT2D eigenvalue weighted by Gasteiger charge is 2.30. The topological polar surface area (TPSA) is 12.0 Å². The Morgan fingerprint density at radius 1 is 1.10 bits per heavy atom. The van der Waals surface area contributed by atoms with Crippen molar-refractivity contribution >= 4 is 21.6 Å². The van der Waals surface area contributed by atoms with Crippen LogP contribution in [0.5, 0.6) is 0 Å². The molecule has 2 heteroatoms. The van der Waals surface area contributed by atoms with Crippen molar-refractivity contribution < 1.29 is 0 Å². The van der Waals surface area contributed by atoms with Crippen molar-refractivity contribution in [3.05, 3.63) is 64.1 Å². The Morgan fingerprint density at radius 2 is 1.85 bits per heavy atom. The van der Waals surface area contributed by atoms with Crippen molar-refractivity contribution in [2.45, 2.75) is 24.8 Å². The molecule has 0 amide bonds. The van der Waals surface area contributed by atoms with Gasteiger partial charge in [0.05, 0.1) is 0 Å². The molecule has 0 unspecified atom stereocenters. The molecule has 0 aliphatic heterocycles. The number of terminal acetylenes is 1. The van der Waals surface area contributed by atoms with E-state index in [9.17, 15) is 0 Å². The third-order valence-corrected chi connectivity index (χ3v) is 4.41. The van der Waals surface area contributed by atoms with Gasteiger partial charge >= 0.3 is 0 Å². The summed E-state index contributed by atoms with van der Waals surface area (Å²) in [7, 11) is 0. The SMILES string of the molecule is C#Cc1cccc(NC2CC(c3ccc(Br)cc3)C2)c1. The molecule has 100 valence electrons. The number of hydrogen-bond acceptors (Lipinski definition) is 1. The maximum absolute atomic E-state index is 5.42. The molecule has 2 aromatic carbocycles. The van der Waals surface area contributed by atoms with E-state index in [1.54, 1.807) is 0 Å². The van der Waals surface area contributed by atoms with Crippen molar-refractivity contribution in [3.63, 3.8) is 0 Å². The lowest BCUT2D eigenvalue weighted by Crippen LogP contribution is -2.33. The first-order chi connectivity index (χ1) is 9.74. The van der Waals surface area contributed by atoms with Crippen LogP contribution in [0, 0.1) is 12.3 Å². The Kier molecular flexibility index (Phi) is 3.80. The molecular weight excluding hydrogens is 310 g/mol. The molecule has 0 saturated heterocycles. The van der Waals surface area contributed by atoms with Crippen LogP contribution in [0.1, 0.15) is 29.9 Å². The van der Waals surface area contributed by atoms with Crippen LogP contribution in [0.15, 0.2) is 53.0 Å². The van der Waals surface area contributed by atoms with E-state index in [4.69, 9.17) is 6.42 Å². The summed E-state index contributed by atoms with van der Waals surface area (Å²) in [4.78, 5) is 0. The van der Waals surface area contributed by atoms with Gasteiger partial charge in [-0.15, -0.1) is 6.42 Å². The molecule has 1 aliphatic carbocycles. The predicted molar refractivity (Wildman–Crippen MR) is 87.9 cm³/mol. The van der Waals surface area contributed by atoms with E-state index in [1.165, 1.54) is 18.4 Å². The van der Waals surface area contributed by atoms with Crippen molar-refractivity contribution in [3.8, 4) is 12.3 Å². The van der Waals surface area contributed by atoms with E-state index < -0.39 is 0 Å². The van der Waals surface area contributed by atoms with E-state index >= 15 is 0 Å². The molecule has 2 aromatic rings. The first-order valence-corrected chi connectivity index (χ1v) is 7.62. The normalized spacial score (nSPS) is 20.8. The molecule has 3 rings (SSSR count). The van der Waals surface area contributed by atoms with Crippen molar-refractivity contribution in [1.29, 1.82) is 0 Å². The smallest absolute Gasteiger partial charge is 0.0354 e. The average molecular weight is 326 g/mol. The first kappa shape index (κ1) is 13.3. The van der Waals surface area contributed by atoms with Crippen LogP contribution >= 0.6 is 15.9 Å². The minimum Gasteiger partial charge on any atom is -0.382 e. The van der Waals surface area contributed by atoms with E-state index in [-0.39, 0.29) is 0 Å². The van der Waals surface area contributed by atoms with Gasteiger partial charge in [-0.05, 0) is 54.7 Å². The van der Waals surface area contributed by atoms with Crippen molar-refractivity contribution in [1.82, 2.24) is 0 Å². The van der Waals surface area contributed by atoms with E-state index in [0.29, 0.717) is 12.0 Å². The molecule has 1 aliphatic rings. The fourth-order valence-electron chi connectivity index (χ4n) is 2.68. The molecule has 0 radical (unpaired) electrons. The van der Waals surface area contributed by atoms with Gasteiger partial charge in [-0.25, -0.2) is 0 Å². The quantitative estimate of drug-likeness (QED) is 0.800. The van der Waals surface area contributed by atoms with Gasteiger partial charge in [-0.1, -0.05) is 40.0 Å². The zero-order valence-electron chi connectivity index (χ0n) is 11.1. The molecule has 1 fully saturated rings. The van der Waals surface area contributed by atoms with Crippen LogP contribution in [-0.2, 0) is 0 Å². The molecule has 1 N–H and O–H groups in total. The summed E-state index contributed by atoms with van der Waals surface area (Å²) in [6.07, 6.45) is 7.79. The molecule has 1 nitrogen and oxygen atoms in total. The largest absolute Gasteiger partial charge is 0.382 e. The first-order valence-electron chi connectivity index (χ1n) is 6.83. The monoisotopic (exact) mass is 325 g/mol. The zero-order chi connectivity index (χ0) is 13.9. The molecule has 0 bridgehead atoms. The number of benzene rings is 2.